The van der Waals surface area contributed by atoms with E-state index in [1.165, 1.54) is 6.92 Å². The zero-order chi connectivity index (χ0) is 7.98. The van der Waals surface area contributed by atoms with Crippen LogP contribution in [-0.2, 0) is 4.79 Å². The number of hydrogen-bond donors (Lipinski definition) is 3. The normalized spacial score (nSPS) is 11.2. The van der Waals surface area contributed by atoms with Gasteiger partial charge in [0.2, 0.25) is 0 Å². The molecule has 10 heavy (non-hydrogen) atoms. The van der Waals surface area contributed by atoms with Crippen molar-refractivity contribution < 1.29 is 10.0 Å². The minimum absolute atomic E-state index is 0.0356. The van der Waals surface area contributed by atoms with E-state index in [0.29, 0.717) is 13.1 Å². The van der Waals surface area contributed by atoms with Crippen molar-refractivity contribution in [3.63, 3.8) is 0 Å². The van der Waals surface area contributed by atoms with Crippen LogP contribution in [0.1, 0.15) is 6.92 Å². The number of amides is 1. The smallest absolute Gasteiger partial charge is 0.268 e. The largest absolute Gasteiger partial charge is 0.410 e. The molecule has 0 fully saturated rings. The molecule has 0 aromatic heterocycles. The fourth-order valence-corrected chi connectivity index (χ4v) is 0.359. The number of nitrogens with two attached hydrogens (primary N) is 1. The quantitative estimate of drug-likeness (QED) is 0.268. The number of hydrogen-bond acceptors (Lipinski definition) is 4. The summed E-state index contributed by atoms with van der Waals surface area (Å²) >= 11 is 0. The van der Waals surface area contributed by atoms with Gasteiger partial charge in [-0.05, 0) is 6.92 Å². The van der Waals surface area contributed by atoms with Gasteiger partial charge in [0.15, 0.2) is 0 Å². The molecule has 0 aliphatic heterocycles. The van der Waals surface area contributed by atoms with Crippen LogP contribution in [0.4, 0.5) is 0 Å². The summed E-state index contributed by atoms with van der Waals surface area (Å²) < 4.78 is 0. The van der Waals surface area contributed by atoms with Crippen molar-refractivity contribution in [3.05, 3.63) is 0 Å². The monoisotopic (exact) mass is 145 g/mol. The predicted octanol–water partition coefficient (Wildman–Crippen LogP) is -1.09. The van der Waals surface area contributed by atoms with Gasteiger partial charge in [-0.15, -0.1) is 0 Å². The minimum atomic E-state index is -0.395. The first-order chi connectivity index (χ1) is 4.72. The van der Waals surface area contributed by atoms with Crippen LogP contribution in [0.3, 0.4) is 0 Å². The number of rotatable bonds is 3. The summed E-state index contributed by atoms with van der Waals surface area (Å²) in [6.45, 7) is 2.18. The number of carbonyl (C=O) groups excluding carboxylic acids is 1. The Hall–Kier alpha value is -1.10. The summed E-state index contributed by atoms with van der Waals surface area (Å²) in [5.74, 6) is -0.395. The topological polar surface area (TPSA) is 87.7 Å². The third-order valence-corrected chi connectivity index (χ3v) is 0.909. The molecule has 58 valence electrons. The van der Waals surface area contributed by atoms with Crippen LogP contribution in [0.25, 0.3) is 0 Å². The van der Waals surface area contributed by atoms with Gasteiger partial charge in [0, 0.05) is 13.1 Å². The maximum absolute atomic E-state index is 10.7. The molecule has 0 saturated heterocycles. The molecule has 0 atom stereocenters. The lowest BCUT2D eigenvalue weighted by atomic mass is 10.4. The highest BCUT2D eigenvalue weighted by atomic mass is 16.4. The van der Waals surface area contributed by atoms with E-state index in [4.69, 9.17) is 10.9 Å². The van der Waals surface area contributed by atoms with Gasteiger partial charge in [-0.3, -0.25) is 4.79 Å². The molecule has 0 aromatic rings. The van der Waals surface area contributed by atoms with E-state index in [-0.39, 0.29) is 5.71 Å². The molecule has 4 N–H and O–H groups in total. The first kappa shape index (κ1) is 8.90. The molecule has 0 aliphatic rings. The Morgan fingerprint density at radius 3 is 2.80 bits per heavy atom. The number of oxime groups is 1. The van der Waals surface area contributed by atoms with Crippen LogP contribution < -0.4 is 11.1 Å². The summed E-state index contributed by atoms with van der Waals surface area (Å²) in [6, 6.07) is 0. The van der Waals surface area contributed by atoms with Gasteiger partial charge in [-0.2, -0.15) is 0 Å². The van der Waals surface area contributed by atoms with E-state index >= 15 is 0 Å². The summed E-state index contributed by atoms with van der Waals surface area (Å²) in [7, 11) is 0. The molecular formula is C5H11N3O2. The average Bonchev–Trinajstić information content (AvgIpc) is 1.98. The SMILES string of the molecule is C/C(=N\O)C(=O)NCCN. The van der Waals surface area contributed by atoms with Crippen molar-refractivity contribution in [2.45, 2.75) is 6.92 Å². The van der Waals surface area contributed by atoms with Crippen molar-refractivity contribution >= 4 is 11.6 Å². The third kappa shape index (κ3) is 3.03. The number of nitrogens with zero attached hydrogens (tertiary/aromatic N) is 1. The van der Waals surface area contributed by atoms with Gasteiger partial charge in [0.25, 0.3) is 5.91 Å². The molecule has 0 saturated carbocycles. The second kappa shape index (κ2) is 4.75. The van der Waals surface area contributed by atoms with Crippen LogP contribution >= 0.6 is 0 Å². The first-order valence-corrected chi connectivity index (χ1v) is 2.89. The van der Waals surface area contributed by atoms with E-state index < -0.39 is 5.91 Å². The van der Waals surface area contributed by atoms with Crippen LogP contribution in [0.15, 0.2) is 5.16 Å². The van der Waals surface area contributed by atoms with E-state index in [0.717, 1.165) is 0 Å². The molecule has 0 unspecified atom stereocenters. The lowest BCUT2D eigenvalue weighted by molar-refractivity contribution is -0.114. The van der Waals surface area contributed by atoms with Crippen LogP contribution in [0.2, 0.25) is 0 Å². The number of carbonyl (C=O) groups is 1. The van der Waals surface area contributed by atoms with Crippen molar-refractivity contribution in [3.8, 4) is 0 Å². The molecule has 1 amide bonds. The van der Waals surface area contributed by atoms with Gasteiger partial charge < -0.3 is 16.3 Å². The standard InChI is InChI=1S/C5H11N3O2/c1-4(8-10)5(9)7-3-2-6/h10H,2-3,6H2,1H3,(H,7,9)/b8-4+. The van der Waals surface area contributed by atoms with E-state index in [1.807, 2.05) is 0 Å². The summed E-state index contributed by atoms with van der Waals surface area (Å²) in [5, 5.41) is 13.2. The zero-order valence-electron chi connectivity index (χ0n) is 5.79. The molecule has 0 aromatic carbocycles. The molecule has 0 spiro atoms. The fraction of sp³-hybridized carbons (Fsp3) is 0.600. The van der Waals surface area contributed by atoms with Crippen molar-refractivity contribution in [2.24, 2.45) is 10.9 Å². The molecule has 0 heterocycles. The summed E-state index contributed by atoms with van der Waals surface area (Å²) in [5.41, 5.74) is 5.14. The number of nitrogens with one attached hydrogen (secondary N) is 1. The van der Waals surface area contributed by atoms with Crippen LogP contribution in [0.5, 0.6) is 0 Å². The molecule has 0 rings (SSSR count). The Morgan fingerprint density at radius 2 is 2.40 bits per heavy atom. The highest BCUT2D eigenvalue weighted by Crippen LogP contribution is 1.73. The highest BCUT2D eigenvalue weighted by molar-refractivity contribution is 6.37. The van der Waals surface area contributed by atoms with Gasteiger partial charge in [0.05, 0.1) is 0 Å². The highest BCUT2D eigenvalue weighted by Gasteiger charge is 2.02. The maximum atomic E-state index is 10.7. The van der Waals surface area contributed by atoms with E-state index in [1.54, 1.807) is 0 Å². The Kier molecular flexibility index (Phi) is 4.23. The second-order valence-electron chi connectivity index (χ2n) is 1.73. The lowest BCUT2D eigenvalue weighted by Crippen LogP contribution is -2.33. The van der Waals surface area contributed by atoms with Gasteiger partial charge >= 0.3 is 0 Å². The van der Waals surface area contributed by atoms with Gasteiger partial charge in [0.1, 0.15) is 5.71 Å². The molecule has 5 heteroatoms. The van der Waals surface area contributed by atoms with E-state index in [2.05, 4.69) is 10.5 Å². The van der Waals surface area contributed by atoms with E-state index in [9.17, 15) is 4.79 Å². The Morgan fingerprint density at radius 1 is 1.80 bits per heavy atom. The van der Waals surface area contributed by atoms with Crippen molar-refractivity contribution in [1.82, 2.24) is 5.32 Å². The van der Waals surface area contributed by atoms with Crippen LogP contribution in [-0.4, -0.2) is 29.9 Å². The van der Waals surface area contributed by atoms with Gasteiger partial charge in [-0.25, -0.2) is 0 Å². The summed E-state index contributed by atoms with van der Waals surface area (Å²) in [4.78, 5) is 10.7. The second-order valence-corrected chi connectivity index (χ2v) is 1.73. The lowest BCUT2D eigenvalue weighted by Gasteiger charge is -1.99. The molecule has 0 bridgehead atoms. The molecule has 0 radical (unpaired) electrons. The van der Waals surface area contributed by atoms with Crippen molar-refractivity contribution in [2.75, 3.05) is 13.1 Å². The van der Waals surface area contributed by atoms with Crippen molar-refractivity contribution in [1.29, 1.82) is 0 Å². The molecular weight excluding hydrogens is 134 g/mol. The third-order valence-electron chi connectivity index (χ3n) is 0.909. The average molecular weight is 145 g/mol. The zero-order valence-corrected chi connectivity index (χ0v) is 5.79. The Labute approximate surface area is 58.9 Å². The maximum Gasteiger partial charge on any atom is 0.268 e. The molecule has 5 nitrogen and oxygen atoms in total. The van der Waals surface area contributed by atoms with Crippen LogP contribution in [0, 0.1) is 0 Å². The predicted molar refractivity (Wildman–Crippen MR) is 37.0 cm³/mol. The Balaban J connectivity index is 3.63. The molecule has 0 aliphatic carbocycles. The fourth-order valence-electron chi connectivity index (χ4n) is 0.359. The summed E-state index contributed by atoms with van der Waals surface area (Å²) in [6.07, 6.45) is 0. The minimum Gasteiger partial charge on any atom is -0.410 e. The van der Waals surface area contributed by atoms with Gasteiger partial charge in [-0.1, -0.05) is 5.16 Å². The first-order valence-electron chi connectivity index (χ1n) is 2.89. The Bertz CT molecular complexity index is 144.